The monoisotopic (exact) mass is 625 g/mol. The van der Waals surface area contributed by atoms with Crippen molar-refractivity contribution < 1.29 is 19.4 Å². The number of methoxy groups -OCH3 is 1. The summed E-state index contributed by atoms with van der Waals surface area (Å²) in [5, 5.41) is 15.1. The van der Waals surface area contributed by atoms with E-state index >= 15 is 0 Å². The molecule has 7 nitrogen and oxygen atoms in total. The number of anilines is 1. The summed E-state index contributed by atoms with van der Waals surface area (Å²) in [6.07, 6.45) is 4.46. The first-order valence-corrected chi connectivity index (χ1v) is 15.4. The number of thiazole rings is 1. The van der Waals surface area contributed by atoms with Crippen LogP contribution in [-0.4, -0.2) is 40.0 Å². The zero-order valence-electron chi connectivity index (χ0n) is 25.0. The van der Waals surface area contributed by atoms with E-state index in [0.717, 1.165) is 60.0 Å². The number of nitrogens with zero attached hydrogens (tertiary/aromatic N) is 2. The van der Waals surface area contributed by atoms with Crippen molar-refractivity contribution >= 4 is 50.9 Å². The summed E-state index contributed by atoms with van der Waals surface area (Å²) in [4.78, 5) is 22.3. The number of nitrogens with one attached hydrogen (secondary N) is 1. The first-order valence-electron chi connectivity index (χ1n) is 14.2. The summed E-state index contributed by atoms with van der Waals surface area (Å²) in [7, 11) is 1.67. The van der Waals surface area contributed by atoms with Gasteiger partial charge in [-0.05, 0) is 86.9 Å². The van der Waals surface area contributed by atoms with E-state index < -0.39 is 17.7 Å². The van der Waals surface area contributed by atoms with Crippen LogP contribution in [0.3, 0.4) is 0 Å². The van der Waals surface area contributed by atoms with Gasteiger partial charge in [-0.15, -0.1) is 11.3 Å². The molecular formula is C35H32ClN3O4S. The lowest BCUT2D eigenvalue weighted by Crippen LogP contribution is -2.28. The summed E-state index contributed by atoms with van der Waals surface area (Å²) < 4.78 is 12.5. The predicted octanol–water partition coefficient (Wildman–Crippen LogP) is 9.01. The molecule has 0 amide bonds. The van der Waals surface area contributed by atoms with Gasteiger partial charge >= 0.3 is 5.97 Å². The van der Waals surface area contributed by atoms with Crippen molar-refractivity contribution in [3.05, 3.63) is 94.6 Å². The van der Waals surface area contributed by atoms with Crippen LogP contribution in [0.5, 0.6) is 0 Å². The van der Waals surface area contributed by atoms with Crippen molar-refractivity contribution in [2.24, 2.45) is 0 Å². The van der Waals surface area contributed by atoms with Crippen LogP contribution in [0.4, 0.5) is 5.69 Å². The number of carboxylic acids is 1. The predicted molar refractivity (Wildman–Crippen MR) is 178 cm³/mol. The Morgan fingerprint density at radius 1 is 1.05 bits per heavy atom. The first kappa shape index (κ1) is 30.0. The normalized spacial score (nSPS) is 15.2. The third-order valence-electron chi connectivity index (χ3n) is 7.38. The topological polar surface area (TPSA) is 93.6 Å². The molecule has 6 rings (SSSR count). The summed E-state index contributed by atoms with van der Waals surface area (Å²) in [5.41, 5.74) is 7.89. The average molecular weight is 626 g/mol. The molecule has 2 N–H and O–H groups in total. The van der Waals surface area contributed by atoms with Crippen LogP contribution < -0.4 is 5.32 Å². The Labute approximate surface area is 265 Å². The summed E-state index contributed by atoms with van der Waals surface area (Å²) in [6, 6.07) is 19.6. The van der Waals surface area contributed by atoms with Crippen LogP contribution >= 0.6 is 22.9 Å². The van der Waals surface area contributed by atoms with E-state index in [0.29, 0.717) is 10.6 Å². The zero-order chi connectivity index (χ0) is 31.2. The largest absolute Gasteiger partial charge is 0.479 e. The van der Waals surface area contributed by atoms with Gasteiger partial charge in [-0.1, -0.05) is 41.9 Å². The lowest BCUT2D eigenvalue weighted by atomic mass is 9.91. The van der Waals surface area contributed by atoms with Gasteiger partial charge in [0.15, 0.2) is 6.10 Å². The number of benzene rings is 3. The minimum absolute atomic E-state index is 0.183. The molecule has 5 aromatic rings. The zero-order valence-corrected chi connectivity index (χ0v) is 26.6. The summed E-state index contributed by atoms with van der Waals surface area (Å²) >= 11 is 7.76. The number of aromatic nitrogens is 2. The molecule has 0 spiro atoms. The van der Waals surface area contributed by atoms with Gasteiger partial charge in [0.25, 0.3) is 0 Å². The highest BCUT2D eigenvalue weighted by Crippen LogP contribution is 2.44. The molecule has 0 bridgehead atoms. The molecule has 224 valence electrons. The number of ether oxygens (including phenoxy) is 2. The van der Waals surface area contributed by atoms with E-state index in [2.05, 4.69) is 28.5 Å². The van der Waals surface area contributed by atoms with E-state index in [4.69, 9.17) is 26.1 Å². The number of halogens is 1. The Kier molecular flexibility index (Phi) is 8.02. The van der Waals surface area contributed by atoms with E-state index in [1.165, 1.54) is 11.3 Å². The van der Waals surface area contributed by atoms with E-state index in [9.17, 15) is 9.90 Å². The van der Waals surface area contributed by atoms with Gasteiger partial charge in [0.05, 0.1) is 21.5 Å². The lowest BCUT2D eigenvalue weighted by molar-refractivity contribution is -0.160. The van der Waals surface area contributed by atoms with Crippen molar-refractivity contribution in [2.75, 3.05) is 12.4 Å². The number of aryl methyl sites for hydroxylation is 1. The molecule has 44 heavy (non-hydrogen) atoms. The molecule has 2 aromatic heterocycles. The fraction of sp³-hybridized carbons (Fsp3) is 0.229. The molecule has 0 aliphatic carbocycles. The van der Waals surface area contributed by atoms with Crippen LogP contribution in [0.2, 0.25) is 5.02 Å². The molecule has 0 saturated heterocycles. The summed E-state index contributed by atoms with van der Waals surface area (Å²) in [5.74, 6) is -1.05. The highest BCUT2D eigenvalue weighted by Gasteiger charge is 2.32. The fourth-order valence-electron chi connectivity index (χ4n) is 5.40. The Morgan fingerprint density at radius 2 is 1.80 bits per heavy atom. The number of pyridine rings is 1. The molecule has 2 atom stereocenters. The number of hydrogen-bond donors (Lipinski definition) is 2. The van der Waals surface area contributed by atoms with Crippen LogP contribution in [0, 0.1) is 6.92 Å². The van der Waals surface area contributed by atoms with Crippen molar-refractivity contribution in [2.45, 2.75) is 45.6 Å². The quantitative estimate of drug-likeness (QED) is 0.186. The summed E-state index contributed by atoms with van der Waals surface area (Å²) in [6.45, 7) is 7.48. The van der Waals surface area contributed by atoms with Gasteiger partial charge in [-0.3, -0.25) is 4.98 Å². The van der Waals surface area contributed by atoms with Gasteiger partial charge in [-0.2, -0.15) is 0 Å². The maximum Gasteiger partial charge on any atom is 0.337 e. The number of fused-ring (bicyclic) bond motifs is 2. The highest BCUT2D eigenvalue weighted by molar-refractivity contribution is 7.22. The molecule has 1 aliphatic rings. The molecule has 0 radical (unpaired) electrons. The van der Waals surface area contributed by atoms with E-state index in [-0.39, 0.29) is 6.23 Å². The number of aliphatic carboxylic acids is 1. The SMILES string of the molecule is COC1C=Cc2ccc(-c3cc(-c4nc5cc(C)c([C@H](OC(C)(C)C)C(=O)O)c(-c6ccc(Cl)cc6)c5s4)ccn3)cc2N1. The Morgan fingerprint density at radius 3 is 2.50 bits per heavy atom. The Bertz CT molecular complexity index is 1910. The molecule has 1 aliphatic heterocycles. The van der Waals surface area contributed by atoms with Crippen LogP contribution in [0.15, 0.2) is 72.9 Å². The maximum atomic E-state index is 12.6. The number of hydrogen-bond acceptors (Lipinski definition) is 7. The van der Waals surface area contributed by atoms with E-state index in [1.807, 2.05) is 82.3 Å². The Balaban J connectivity index is 1.49. The number of carboxylic acid groups (broad SMARTS) is 1. The molecule has 0 saturated carbocycles. The standard InChI is InChI=1S/C35H32ClN3O4S/c1-19-16-27-32(30(21-8-11-24(36)12-9-21)29(19)31(34(40)41)43-35(2,3)4)44-33(39-27)23-14-15-37-25(18-23)22-7-6-20-10-13-28(42-5)38-26(20)17-22/h6-18,28,31,38H,1-5H3,(H,40,41)/t28?,31-/m0/s1. The van der Waals surface area contributed by atoms with Gasteiger partial charge in [-0.25, -0.2) is 9.78 Å². The van der Waals surface area contributed by atoms with Gasteiger partial charge in [0, 0.05) is 46.3 Å². The van der Waals surface area contributed by atoms with Crippen LogP contribution in [0.25, 0.3) is 49.2 Å². The highest BCUT2D eigenvalue weighted by atomic mass is 35.5. The number of rotatable bonds is 7. The molecule has 0 fully saturated rings. The van der Waals surface area contributed by atoms with Crippen molar-refractivity contribution in [3.63, 3.8) is 0 Å². The van der Waals surface area contributed by atoms with Gasteiger partial charge in [0.1, 0.15) is 11.2 Å². The van der Waals surface area contributed by atoms with Crippen molar-refractivity contribution in [1.82, 2.24) is 9.97 Å². The van der Waals surface area contributed by atoms with Crippen LogP contribution in [-0.2, 0) is 14.3 Å². The Hall–Kier alpha value is -4.08. The first-order chi connectivity index (χ1) is 21.0. The molecular weight excluding hydrogens is 594 g/mol. The molecule has 3 aromatic carbocycles. The molecule has 9 heteroatoms. The average Bonchev–Trinajstić information content (AvgIpc) is 3.42. The smallest absolute Gasteiger partial charge is 0.337 e. The number of carbonyl (C=O) groups is 1. The second-order valence-electron chi connectivity index (χ2n) is 11.7. The van der Waals surface area contributed by atoms with Crippen molar-refractivity contribution in [3.8, 4) is 33.0 Å². The van der Waals surface area contributed by atoms with Gasteiger partial charge < -0.3 is 19.9 Å². The minimum Gasteiger partial charge on any atom is -0.479 e. The minimum atomic E-state index is -1.17. The van der Waals surface area contributed by atoms with Crippen molar-refractivity contribution in [1.29, 1.82) is 0 Å². The third kappa shape index (κ3) is 5.99. The maximum absolute atomic E-state index is 12.6. The van der Waals surface area contributed by atoms with Gasteiger partial charge in [0.2, 0.25) is 0 Å². The lowest BCUT2D eigenvalue weighted by Gasteiger charge is -2.28. The second kappa shape index (κ2) is 11.8. The van der Waals surface area contributed by atoms with E-state index in [1.54, 1.807) is 13.3 Å². The third-order valence-corrected chi connectivity index (χ3v) is 8.77. The molecule has 3 heterocycles. The molecule has 1 unspecified atom stereocenters. The second-order valence-corrected chi connectivity index (χ2v) is 13.1. The van der Waals surface area contributed by atoms with Crippen LogP contribution in [0.1, 0.15) is 43.6 Å². The fourth-order valence-corrected chi connectivity index (χ4v) is 6.65.